The number of aliphatic hydroxyl groups excluding tert-OH is 2. The first-order chi connectivity index (χ1) is 17.2. The van der Waals surface area contributed by atoms with Gasteiger partial charge in [-0.25, -0.2) is 4.79 Å². The molecule has 0 unspecified atom stereocenters. The van der Waals surface area contributed by atoms with E-state index in [9.17, 15) is 19.8 Å². The Labute approximate surface area is 214 Å². The molecule has 8 nitrogen and oxygen atoms in total. The number of hydrogen-bond donors (Lipinski definition) is 2. The summed E-state index contributed by atoms with van der Waals surface area (Å²) in [4.78, 5) is 34.4. The van der Waals surface area contributed by atoms with Crippen LogP contribution in [0.1, 0.15) is 56.9 Å². The van der Waals surface area contributed by atoms with Crippen LogP contribution >= 0.6 is 0 Å². The Morgan fingerprint density at radius 3 is 2.22 bits per heavy atom. The predicted molar refractivity (Wildman–Crippen MR) is 137 cm³/mol. The maximum absolute atomic E-state index is 13.7. The zero-order valence-corrected chi connectivity index (χ0v) is 21.8. The number of nitrogens with zero attached hydrogens (tertiary/aromatic N) is 4. The molecule has 2 saturated heterocycles. The fraction of sp³-hybridized carbons (Fsp3) is 0.714. The highest BCUT2D eigenvalue weighted by Crippen LogP contribution is 2.49. The summed E-state index contributed by atoms with van der Waals surface area (Å²) in [5, 5.41) is 19.6. The minimum Gasteiger partial charge on any atom is -0.388 e. The maximum Gasteiger partial charge on any atom is 0.320 e. The average Bonchev–Trinajstić information content (AvgIpc) is 3.31. The molecule has 198 valence electrons. The van der Waals surface area contributed by atoms with Gasteiger partial charge in [0.1, 0.15) is 0 Å². The summed E-state index contributed by atoms with van der Waals surface area (Å²) in [6, 6.07) is 10.8. The highest BCUT2D eigenvalue weighted by molar-refractivity contribution is 5.80. The summed E-state index contributed by atoms with van der Waals surface area (Å²) in [6.07, 6.45) is 6.00. The van der Waals surface area contributed by atoms with Crippen molar-refractivity contribution in [1.82, 2.24) is 19.6 Å². The lowest BCUT2D eigenvalue weighted by molar-refractivity contribution is -0.130. The Balaban J connectivity index is 1.30. The lowest BCUT2D eigenvalue weighted by Gasteiger charge is -2.51. The molecule has 0 bridgehead atoms. The largest absolute Gasteiger partial charge is 0.388 e. The van der Waals surface area contributed by atoms with Gasteiger partial charge in [-0.15, -0.1) is 0 Å². The van der Waals surface area contributed by atoms with E-state index in [0.717, 1.165) is 32.2 Å². The lowest BCUT2D eigenvalue weighted by atomic mass is 9.68. The number of β-amino-alcohol motifs (C(OH)–C–C–N with tert-alkyl or cyclic N) is 2. The number of likely N-dealkylation sites (tertiary alicyclic amines) is 1. The van der Waals surface area contributed by atoms with Crippen molar-refractivity contribution in [2.24, 2.45) is 5.92 Å². The maximum atomic E-state index is 13.7. The van der Waals surface area contributed by atoms with Gasteiger partial charge in [0.2, 0.25) is 5.91 Å². The Morgan fingerprint density at radius 2 is 1.67 bits per heavy atom. The van der Waals surface area contributed by atoms with Crippen molar-refractivity contribution in [2.75, 3.05) is 46.8 Å². The average molecular weight is 499 g/mol. The molecule has 1 aromatic carbocycles. The third kappa shape index (κ3) is 4.52. The first-order valence-corrected chi connectivity index (χ1v) is 13.7. The second-order valence-corrected chi connectivity index (χ2v) is 11.8. The topological polar surface area (TPSA) is 87.6 Å². The van der Waals surface area contributed by atoms with Crippen molar-refractivity contribution in [3.05, 3.63) is 35.9 Å². The van der Waals surface area contributed by atoms with Crippen LogP contribution < -0.4 is 0 Å². The normalized spacial score (nSPS) is 33.1. The number of rotatable bonds is 7. The second-order valence-electron chi connectivity index (χ2n) is 11.8. The Hall–Kier alpha value is -2.16. The molecule has 3 amide bonds. The SMILES string of the molecule is CN(C)C1(c2ccccc2)CCC2(CC1)CN(CCC(=O)N1C[C@H](O)[C@@H](O)C1)C(=O)N2CC1CCC1. The monoisotopic (exact) mass is 498 g/mol. The number of benzene rings is 1. The van der Waals surface area contributed by atoms with Crippen LogP contribution in [0.4, 0.5) is 4.79 Å². The zero-order valence-electron chi connectivity index (χ0n) is 21.8. The number of carbonyl (C=O) groups is 2. The number of carbonyl (C=O) groups excluding carboxylic acids is 2. The molecule has 8 heteroatoms. The van der Waals surface area contributed by atoms with E-state index in [1.54, 1.807) is 0 Å². The first kappa shape index (κ1) is 25.5. The Bertz CT molecular complexity index is 932. The van der Waals surface area contributed by atoms with E-state index in [0.29, 0.717) is 19.0 Å². The molecule has 5 rings (SSSR count). The van der Waals surface area contributed by atoms with E-state index >= 15 is 0 Å². The van der Waals surface area contributed by atoms with Crippen molar-refractivity contribution in [3.63, 3.8) is 0 Å². The summed E-state index contributed by atoms with van der Waals surface area (Å²) < 4.78 is 0. The molecule has 0 radical (unpaired) electrons. The van der Waals surface area contributed by atoms with Gasteiger partial charge in [0.05, 0.1) is 17.7 Å². The van der Waals surface area contributed by atoms with E-state index in [-0.39, 0.29) is 42.5 Å². The molecule has 2 aliphatic heterocycles. The van der Waals surface area contributed by atoms with Gasteiger partial charge in [-0.1, -0.05) is 36.8 Å². The van der Waals surface area contributed by atoms with Gasteiger partial charge in [0.25, 0.3) is 0 Å². The van der Waals surface area contributed by atoms with Gasteiger partial charge in [-0.05, 0) is 64.1 Å². The van der Waals surface area contributed by atoms with Crippen molar-refractivity contribution < 1.29 is 19.8 Å². The molecule has 2 N–H and O–H groups in total. The van der Waals surface area contributed by atoms with Crippen LogP contribution in [0.2, 0.25) is 0 Å². The molecular weight excluding hydrogens is 456 g/mol. The van der Waals surface area contributed by atoms with E-state index < -0.39 is 12.2 Å². The number of urea groups is 1. The predicted octanol–water partition coefficient (Wildman–Crippen LogP) is 2.25. The van der Waals surface area contributed by atoms with Crippen molar-refractivity contribution in [3.8, 4) is 0 Å². The summed E-state index contributed by atoms with van der Waals surface area (Å²) in [5.74, 6) is 0.485. The molecule has 36 heavy (non-hydrogen) atoms. The fourth-order valence-electron chi connectivity index (χ4n) is 6.92. The van der Waals surface area contributed by atoms with Crippen LogP contribution in [0.5, 0.6) is 0 Å². The van der Waals surface area contributed by atoms with Gasteiger partial charge in [-0.2, -0.15) is 0 Å². The highest BCUT2D eigenvalue weighted by Gasteiger charge is 2.54. The van der Waals surface area contributed by atoms with E-state index in [4.69, 9.17) is 0 Å². The number of aliphatic hydroxyl groups is 2. The minimum absolute atomic E-state index is 0.0293. The fourth-order valence-corrected chi connectivity index (χ4v) is 6.92. The summed E-state index contributed by atoms with van der Waals surface area (Å²) in [6.45, 7) is 2.22. The molecule has 0 aromatic heterocycles. The van der Waals surface area contributed by atoms with Crippen molar-refractivity contribution in [2.45, 2.75) is 74.7 Å². The standard InChI is InChI=1S/C28H42N4O4/c1-29(2)28(22-9-4-3-5-10-22)14-12-27(13-15-28)20-30(26(36)32(27)17-21-7-6-8-21)16-11-25(35)31-18-23(33)24(34)19-31/h3-5,9-10,21,23-24,33-34H,6-8,11-20H2,1-2H3/t23-,24-,27?,28?/m0/s1. The smallest absolute Gasteiger partial charge is 0.320 e. The molecular formula is C28H42N4O4. The molecule has 2 saturated carbocycles. The van der Waals surface area contributed by atoms with E-state index in [2.05, 4.69) is 54.2 Å². The second kappa shape index (κ2) is 9.95. The van der Waals surface area contributed by atoms with Crippen molar-refractivity contribution in [1.29, 1.82) is 0 Å². The summed E-state index contributed by atoms with van der Waals surface area (Å²) in [7, 11) is 4.34. The number of hydrogen-bond acceptors (Lipinski definition) is 5. The third-order valence-electron chi connectivity index (χ3n) is 9.61. The minimum atomic E-state index is -0.882. The van der Waals surface area contributed by atoms with Gasteiger partial charge in [0.15, 0.2) is 0 Å². The van der Waals surface area contributed by atoms with Crippen LogP contribution in [0.15, 0.2) is 30.3 Å². The van der Waals surface area contributed by atoms with Crippen LogP contribution in [-0.2, 0) is 10.3 Å². The molecule has 4 aliphatic rings. The molecule has 2 aliphatic carbocycles. The number of amides is 3. The van der Waals surface area contributed by atoms with E-state index in [1.165, 1.54) is 29.7 Å². The van der Waals surface area contributed by atoms with Gasteiger partial charge in [-0.3, -0.25) is 9.69 Å². The molecule has 2 heterocycles. The van der Waals surface area contributed by atoms with Gasteiger partial charge in [0, 0.05) is 44.7 Å². The van der Waals surface area contributed by atoms with Crippen LogP contribution in [0.25, 0.3) is 0 Å². The van der Waals surface area contributed by atoms with Crippen molar-refractivity contribution >= 4 is 11.9 Å². The zero-order chi connectivity index (χ0) is 25.5. The van der Waals surface area contributed by atoms with Crippen LogP contribution in [0.3, 0.4) is 0 Å². The van der Waals surface area contributed by atoms with Gasteiger partial charge < -0.3 is 24.9 Å². The Kier molecular flexibility index (Phi) is 7.05. The molecule has 4 fully saturated rings. The Morgan fingerprint density at radius 1 is 1.03 bits per heavy atom. The van der Waals surface area contributed by atoms with Crippen LogP contribution in [-0.4, -0.2) is 106 Å². The summed E-state index contributed by atoms with van der Waals surface area (Å²) in [5.41, 5.74) is 1.14. The highest BCUT2D eigenvalue weighted by atomic mass is 16.3. The van der Waals surface area contributed by atoms with Crippen LogP contribution in [0, 0.1) is 5.92 Å². The molecule has 2 atom stereocenters. The quantitative estimate of drug-likeness (QED) is 0.602. The lowest BCUT2D eigenvalue weighted by Crippen LogP contribution is -2.56. The molecule has 1 aromatic rings. The first-order valence-electron chi connectivity index (χ1n) is 13.7. The third-order valence-corrected chi connectivity index (χ3v) is 9.61. The summed E-state index contributed by atoms with van der Waals surface area (Å²) >= 11 is 0. The van der Waals surface area contributed by atoms with E-state index in [1.807, 2.05) is 4.90 Å². The molecule has 1 spiro atoms. The van der Waals surface area contributed by atoms with Gasteiger partial charge >= 0.3 is 6.03 Å².